The van der Waals surface area contributed by atoms with E-state index in [9.17, 15) is 0 Å². The molecule has 3 nitrogen and oxygen atoms in total. The van der Waals surface area contributed by atoms with E-state index in [0.717, 1.165) is 6.54 Å². The number of nitrogens with one attached hydrogen (secondary N) is 2. The molecule has 1 aromatic rings. The molecule has 0 aliphatic rings. The Morgan fingerprint density at radius 3 is 2.05 bits per heavy atom. The molecule has 0 aliphatic carbocycles. The van der Waals surface area contributed by atoms with Gasteiger partial charge in [0, 0.05) is 13.6 Å². The third kappa shape index (κ3) is 4.43. The Kier molecular flexibility index (Phi) is 6.21. The van der Waals surface area contributed by atoms with Gasteiger partial charge in [0.1, 0.15) is 11.6 Å². The molecule has 2 N–H and O–H groups in total. The van der Waals surface area contributed by atoms with Gasteiger partial charge < -0.3 is 10.6 Å². The van der Waals surface area contributed by atoms with Gasteiger partial charge >= 0.3 is 0 Å². The lowest BCUT2D eigenvalue weighted by Gasteiger charge is -2.25. The molecule has 5 heteroatoms. The molecule has 108 valence electrons. The molecule has 0 aliphatic heterocycles. The van der Waals surface area contributed by atoms with Crippen LogP contribution in [0.25, 0.3) is 0 Å². The molecule has 0 unspecified atom stereocenters. The van der Waals surface area contributed by atoms with Gasteiger partial charge in [0.25, 0.3) is 0 Å². The summed E-state index contributed by atoms with van der Waals surface area (Å²) in [5, 5.41) is 7.37. The van der Waals surface area contributed by atoms with Gasteiger partial charge in [-0.25, -0.2) is 4.98 Å². The Hall–Kier alpha value is -0.670. The van der Waals surface area contributed by atoms with Crippen molar-refractivity contribution >= 4 is 34.8 Å². The van der Waals surface area contributed by atoms with Crippen LogP contribution < -0.4 is 10.6 Å². The van der Waals surface area contributed by atoms with Crippen LogP contribution in [0.4, 0.5) is 11.6 Å². The maximum absolute atomic E-state index is 6.16. The lowest BCUT2D eigenvalue weighted by molar-refractivity contribution is 0.304. The largest absolute Gasteiger partial charge is 0.372 e. The average molecular weight is 304 g/mol. The van der Waals surface area contributed by atoms with Crippen LogP contribution in [0.5, 0.6) is 0 Å². The van der Waals surface area contributed by atoms with Gasteiger partial charge in [0.15, 0.2) is 0 Å². The molecule has 0 saturated carbocycles. The number of nitrogens with zero attached hydrogens (tertiary/aromatic N) is 1. The van der Waals surface area contributed by atoms with Gasteiger partial charge in [0.05, 0.1) is 10.0 Å². The molecule has 0 saturated heterocycles. The van der Waals surface area contributed by atoms with Crippen molar-refractivity contribution in [3.63, 3.8) is 0 Å². The Morgan fingerprint density at radius 1 is 1.05 bits per heavy atom. The molecule has 1 heterocycles. The fourth-order valence-electron chi connectivity index (χ4n) is 2.22. The van der Waals surface area contributed by atoms with Crippen molar-refractivity contribution in [1.82, 2.24) is 4.98 Å². The van der Waals surface area contributed by atoms with Gasteiger partial charge in [-0.05, 0) is 23.8 Å². The zero-order chi connectivity index (χ0) is 14.6. The molecule has 0 amide bonds. The van der Waals surface area contributed by atoms with Crippen LogP contribution in [0.15, 0.2) is 6.07 Å². The summed E-state index contributed by atoms with van der Waals surface area (Å²) < 4.78 is 0. The lowest BCUT2D eigenvalue weighted by Crippen LogP contribution is -2.25. The SMILES string of the molecule is CNc1nc(NCC(C(C)C)C(C)C)c(Cl)cc1Cl. The van der Waals surface area contributed by atoms with Crippen molar-refractivity contribution < 1.29 is 0 Å². The predicted molar refractivity (Wildman–Crippen MR) is 85.5 cm³/mol. The van der Waals surface area contributed by atoms with Crippen LogP contribution in [-0.2, 0) is 0 Å². The molecule has 0 bridgehead atoms. The molecule has 0 atom stereocenters. The summed E-state index contributed by atoms with van der Waals surface area (Å²) in [6.45, 7) is 9.81. The van der Waals surface area contributed by atoms with E-state index in [1.807, 2.05) is 0 Å². The van der Waals surface area contributed by atoms with Crippen LogP contribution >= 0.6 is 23.2 Å². The monoisotopic (exact) mass is 303 g/mol. The molecule has 0 spiro atoms. The highest BCUT2D eigenvalue weighted by atomic mass is 35.5. The second kappa shape index (κ2) is 7.20. The van der Waals surface area contributed by atoms with E-state index in [1.54, 1.807) is 13.1 Å². The molecule has 1 rings (SSSR count). The first kappa shape index (κ1) is 16.4. The maximum atomic E-state index is 6.16. The summed E-state index contributed by atoms with van der Waals surface area (Å²) >= 11 is 12.2. The minimum Gasteiger partial charge on any atom is -0.372 e. The Bertz CT molecular complexity index is 411. The molecular weight excluding hydrogens is 281 g/mol. The highest BCUT2D eigenvalue weighted by Gasteiger charge is 2.18. The van der Waals surface area contributed by atoms with Crippen LogP contribution in [0.1, 0.15) is 27.7 Å². The van der Waals surface area contributed by atoms with Gasteiger partial charge in [-0.15, -0.1) is 0 Å². The number of anilines is 2. The minimum absolute atomic E-state index is 0.530. The Balaban J connectivity index is 2.82. The number of hydrogen-bond donors (Lipinski definition) is 2. The minimum atomic E-state index is 0.530. The van der Waals surface area contributed by atoms with Gasteiger partial charge in [-0.1, -0.05) is 50.9 Å². The van der Waals surface area contributed by atoms with E-state index in [-0.39, 0.29) is 0 Å². The van der Waals surface area contributed by atoms with Crippen molar-refractivity contribution in [2.45, 2.75) is 27.7 Å². The van der Waals surface area contributed by atoms with Crippen LogP contribution in [0, 0.1) is 17.8 Å². The van der Waals surface area contributed by atoms with E-state index in [4.69, 9.17) is 23.2 Å². The predicted octanol–water partition coefficient (Wildman–Crippen LogP) is 4.77. The summed E-state index contributed by atoms with van der Waals surface area (Å²) in [5.41, 5.74) is 0. The average Bonchev–Trinajstić information content (AvgIpc) is 2.31. The number of halogens is 2. The highest BCUT2D eigenvalue weighted by molar-refractivity contribution is 6.37. The standard InChI is InChI=1S/C14H23Cl2N3/c1-8(2)10(9(3)4)7-18-14-12(16)6-11(15)13(17-5)19-14/h6,8-10H,7H2,1-5H3,(H2,17,18,19). The normalized spacial score (nSPS) is 11.5. The van der Waals surface area contributed by atoms with Gasteiger partial charge in [-0.3, -0.25) is 0 Å². The van der Waals surface area contributed by atoms with E-state index in [2.05, 4.69) is 43.3 Å². The van der Waals surface area contributed by atoms with Gasteiger partial charge in [-0.2, -0.15) is 0 Å². The number of aromatic nitrogens is 1. The van der Waals surface area contributed by atoms with E-state index in [0.29, 0.717) is 39.4 Å². The second-order valence-corrected chi connectivity index (χ2v) is 6.25. The second-order valence-electron chi connectivity index (χ2n) is 5.43. The first-order valence-corrected chi connectivity index (χ1v) is 7.40. The Labute approximate surface area is 126 Å². The smallest absolute Gasteiger partial charge is 0.147 e. The quantitative estimate of drug-likeness (QED) is 0.795. The first-order chi connectivity index (χ1) is 8.86. The molecular formula is C14H23Cl2N3. The Morgan fingerprint density at radius 2 is 1.58 bits per heavy atom. The number of hydrogen-bond acceptors (Lipinski definition) is 3. The first-order valence-electron chi connectivity index (χ1n) is 6.64. The number of pyridine rings is 1. The van der Waals surface area contributed by atoms with E-state index < -0.39 is 0 Å². The topological polar surface area (TPSA) is 37.0 Å². The van der Waals surface area contributed by atoms with Crippen molar-refractivity contribution in [2.75, 3.05) is 24.2 Å². The third-order valence-electron chi connectivity index (χ3n) is 3.38. The summed E-state index contributed by atoms with van der Waals surface area (Å²) in [6, 6.07) is 1.71. The molecule has 1 aromatic heterocycles. The fraction of sp³-hybridized carbons (Fsp3) is 0.643. The summed E-state index contributed by atoms with van der Waals surface area (Å²) in [4.78, 5) is 4.39. The summed E-state index contributed by atoms with van der Waals surface area (Å²) in [7, 11) is 1.79. The fourth-order valence-corrected chi connectivity index (χ4v) is 2.74. The van der Waals surface area contributed by atoms with E-state index in [1.165, 1.54) is 0 Å². The zero-order valence-electron chi connectivity index (χ0n) is 12.2. The van der Waals surface area contributed by atoms with Gasteiger partial charge in [0.2, 0.25) is 0 Å². The zero-order valence-corrected chi connectivity index (χ0v) is 13.7. The highest BCUT2D eigenvalue weighted by Crippen LogP contribution is 2.30. The molecule has 0 fully saturated rings. The van der Waals surface area contributed by atoms with Crippen LogP contribution in [0.2, 0.25) is 10.0 Å². The lowest BCUT2D eigenvalue weighted by atomic mass is 9.85. The van der Waals surface area contributed by atoms with Crippen LogP contribution in [0.3, 0.4) is 0 Å². The van der Waals surface area contributed by atoms with Crippen molar-refractivity contribution in [2.24, 2.45) is 17.8 Å². The molecule has 0 aromatic carbocycles. The van der Waals surface area contributed by atoms with Crippen molar-refractivity contribution in [1.29, 1.82) is 0 Å². The van der Waals surface area contributed by atoms with Crippen molar-refractivity contribution in [3.8, 4) is 0 Å². The molecule has 0 radical (unpaired) electrons. The van der Waals surface area contributed by atoms with Crippen LogP contribution in [-0.4, -0.2) is 18.6 Å². The van der Waals surface area contributed by atoms with E-state index >= 15 is 0 Å². The maximum Gasteiger partial charge on any atom is 0.147 e. The summed E-state index contributed by atoms with van der Waals surface area (Å²) in [5.74, 6) is 3.12. The third-order valence-corrected chi connectivity index (χ3v) is 3.96. The molecule has 19 heavy (non-hydrogen) atoms. The number of rotatable bonds is 6. The van der Waals surface area contributed by atoms with Crippen molar-refractivity contribution in [3.05, 3.63) is 16.1 Å². The summed E-state index contributed by atoms with van der Waals surface area (Å²) in [6.07, 6.45) is 0.